The van der Waals surface area contributed by atoms with Crippen LogP contribution in [0.2, 0.25) is 0 Å². The molecule has 2 aromatic rings. The summed E-state index contributed by atoms with van der Waals surface area (Å²) in [4.78, 5) is 138. The number of esters is 1. The van der Waals surface area contributed by atoms with Crippen molar-refractivity contribution in [3.63, 3.8) is 0 Å². The van der Waals surface area contributed by atoms with Crippen molar-refractivity contribution in [2.75, 3.05) is 39.9 Å². The molecule has 1 aliphatic rings. The number of guanidine groups is 1. The Balaban J connectivity index is 1.90. The van der Waals surface area contributed by atoms with E-state index in [9.17, 15) is 48.3 Å². The minimum absolute atomic E-state index is 0.0258. The van der Waals surface area contributed by atoms with Gasteiger partial charge in [0.2, 0.25) is 35.4 Å². The van der Waals surface area contributed by atoms with Gasteiger partial charge in [-0.2, -0.15) is 0 Å². The summed E-state index contributed by atoms with van der Waals surface area (Å²) in [6, 6.07) is -1.29. The summed E-state index contributed by atoms with van der Waals surface area (Å²) in [5.41, 5.74) is 12.0. The zero-order valence-corrected chi connectivity index (χ0v) is 46.1. The highest BCUT2D eigenvalue weighted by molar-refractivity contribution is 5.98. The number of hydrogen-bond donors (Lipinski definition) is 9. The number of H-pyrrole nitrogens is 1. The van der Waals surface area contributed by atoms with Gasteiger partial charge in [-0.1, -0.05) is 79.9 Å². The molecule has 1 saturated heterocycles. The number of hydrogen-bond acceptors (Lipinski definition) is 14. The van der Waals surface area contributed by atoms with E-state index in [4.69, 9.17) is 20.9 Å². The van der Waals surface area contributed by atoms with E-state index in [2.05, 4.69) is 41.5 Å². The number of aromatic nitrogens is 2. The van der Waals surface area contributed by atoms with E-state index >= 15 is 0 Å². The zero-order valence-electron chi connectivity index (χ0n) is 46.1. The number of unbranched alkanes of at least 4 members (excludes halogenated alkanes) is 2. The number of benzene rings is 1. The number of rotatable bonds is 33. The predicted octanol–water partition coefficient (Wildman–Crippen LogP) is 1.88. The molecule has 1 aromatic carbocycles. The molecule has 8 atom stereocenters. The number of phenolic OH excluding ortho intramolecular Hbond substituents is 1. The Bertz CT molecular complexity index is 2270. The molecule has 24 heteroatoms. The fourth-order valence-corrected chi connectivity index (χ4v) is 8.41. The number of nitrogens with zero attached hydrogens (tertiary/aromatic N) is 4. The Labute approximate surface area is 451 Å². The number of nitrogens with one attached hydrogen (secondary N) is 6. The predicted molar refractivity (Wildman–Crippen MR) is 286 cm³/mol. The lowest BCUT2D eigenvalue weighted by Crippen LogP contribution is -2.61. The number of nitrogens with two attached hydrogens (primary N) is 2. The third-order valence-electron chi connectivity index (χ3n) is 13.2. The van der Waals surface area contributed by atoms with E-state index in [0.717, 1.165) is 17.7 Å². The van der Waals surface area contributed by atoms with Gasteiger partial charge in [0.05, 0.1) is 31.5 Å². The molecular formula is C53H84N12O12. The second-order valence-corrected chi connectivity index (χ2v) is 20.1. The number of carbonyl (C=O) groups is 9. The molecule has 428 valence electrons. The molecular weight excluding hydrogens is 997 g/mol. The van der Waals surface area contributed by atoms with Gasteiger partial charge in [-0.3, -0.25) is 43.3 Å². The number of carbonyl (C=O) groups excluding carboxylic acids is 9. The lowest BCUT2D eigenvalue weighted by atomic mass is 9.96. The molecule has 3 rings (SSSR count). The van der Waals surface area contributed by atoms with Gasteiger partial charge in [-0.05, 0) is 68.1 Å². The lowest BCUT2D eigenvalue weighted by Gasteiger charge is -2.32. The van der Waals surface area contributed by atoms with Crippen molar-refractivity contribution in [3.05, 3.63) is 48.0 Å². The van der Waals surface area contributed by atoms with Crippen molar-refractivity contribution < 1.29 is 57.7 Å². The molecule has 1 unspecified atom stereocenters. The molecule has 7 amide bonds. The van der Waals surface area contributed by atoms with Crippen molar-refractivity contribution in [2.24, 2.45) is 34.2 Å². The molecule has 1 aromatic heterocycles. The van der Waals surface area contributed by atoms with E-state index in [1.807, 2.05) is 20.8 Å². The summed E-state index contributed by atoms with van der Waals surface area (Å²) in [5, 5.41) is 23.8. The molecule has 11 N–H and O–H groups in total. The Morgan fingerprint density at radius 3 is 2.04 bits per heavy atom. The normalized spacial score (nSPS) is 15.8. The average molecular weight is 1080 g/mol. The van der Waals surface area contributed by atoms with E-state index in [1.165, 1.54) is 36.6 Å². The molecule has 24 nitrogen and oxygen atoms in total. The number of aromatic amines is 1. The maximum absolute atomic E-state index is 14.6. The quantitative estimate of drug-likeness (QED) is 0.0213. The van der Waals surface area contributed by atoms with Gasteiger partial charge in [-0.25, -0.2) is 9.78 Å². The fourth-order valence-electron chi connectivity index (χ4n) is 8.41. The smallest absolute Gasteiger partial charge is 0.409 e. The van der Waals surface area contributed by atoms with Gasteiger partial charge in [0, 0.05) is 51.3 Å². The van der Waals surface area contributed by atoms with Crippen LogP contribution in [0.5, 0.6) is 5.75 Å². The molecule has 0 radical (unpaired) electrons. The number of aromatic hydroxyl groups is 1. The molecule has 0 bridgehead atoms. The molecule has 77 heavy (non-hydrogen) atoms. The summed E-state index contributed by atoms with van der Waals surface area (Å²) >= 11 is 0. The first kappa shape index (κ1) is 64.0. The van der Waals surface area contributed by atoms with Crippen LogP contribution in [0.25, 0.3) is 0 Å². The highest BCUT2D eigenvalue weighted by Crippen LogP contribution is 2.24. The third-order valence-corrected chi connectivity index (χ3v) is 13.2. The fraction of sp³-hybridized carbons (Fsp3) is 0.642. The molecule has 1 fully saturated rings. The average Bonchev–Trinajstić information content (AvgIpc) is 4.11. The SMILES string of the molecule is CCCCOC(=O)[C@@H](C)CC(=O)[C@@H]1CCCN1C(=O)[C@H](Cc1cnc[nH]1)NC(=O)[C@@H](NC(=O)[C@H](Cc1ccc(O)cc1)NC(=O)[C@@H](NC(=O)[C@H](CCCN=C(N)N)NC(=O)CN(C)C(=O)OCCCC)C(C)C)C(C)CC. The Kier molecular flexibility index (Phi) is 27.4. The van der Waals surface area contributed by atoms with Crippen molar-refractivity contribution in [1.82, 2.24) is 46.4 Å². The van der Waals surface area contributed by atoms with Crippen molar-refractivity contribution in [2.45, 2.75) is 162 Å². The Hall–Kier alpha value is -7.27. The van der Waals surface area contributed by atoms with Crippen LogP contribution in [0.1, 0.15) is 124 Å². The first-order valence-electron chi connectivity index (χ1n) is 26.8. The maximum atomic E-state index is 14.6. The van der Waals surface area contributed by atoms with Crippen LogP contribution in [0.15, 0.2) is 41.8 Å². The van der Waals surface area contributed by atoms with Gasteiger partial charge in [-0.15, -0.1) is 0 Å². The first-order chi connectivity index (χ1) is 36.6. The maximum Gasteiger partial charge on any atom is 0.409 e. The van der Waals surface area contributed by atoms with Crippen LogP contribution < -0.4 is 38.1 Å². The summed E-state index contributed by atoms with van der Waals surface area (Å²) in [6.45, 7) is 12.7. The van der Waals surface area contributed by atoms with E-state index in [1.54, 1.807) is 39.8 Å². The largest absolute Gasteiger partial charge is 0.508 e. The van der Waals surface area contributed by atoms with Crippen LogP contribution in [-0.2, 0) is 60.7 Å². The molecule has 0 spiro atoms. The van der Waals surface area contributed by atoms with Crippen LogP contribution in [0.4, 0.5) is 4.79 Å². The van der Waals surface area contributed by atoms with Gasteiger partial charge in [0.25, 0.3) is 0 Å². The minimum atomic E-state index is -1.38. The number of phenols is 1. The van der Waals surface area contributed by atoms with Crippen LogP contribution >= 0.6 is 0 Å². The van der Waals surface area contributed by atoms with E-state index in [-0.39, 0.29) is 75.9 Å². The molecule has 0 aliphatic carbocycles. The van der Waals surface area contributed by atoms with E-state index in [0.29, 0.717) is 43.4 Å². The summed E-state index contributed by atoms with van der Waals surface area (Å²) in [7, 11) is 1.37. The highest BCUT2D eigenvalue weighted by atomic mass is 16.6. The van der Waals surface area contributed by atoms with Crippen molar-refractivity contribution >= 4 is 59.2 Å². The number of likely N-dealkylation sites (tertiary alicyclic amines) is 1. The first-order valence-corrected chi connectivity index (χ1v) is 26.8. The monoisotopic (exact) mass is 1080 g/mol. The van der Waals surface area contributed by atoms with Gasteiger partial charge >= 0.3 is 12.1 Å². The number of amides is 7. The van der Waals surface area contributed by atoms with E-state index < -0.39 is 108 Å². The highest BCUT2D eigenvalue weighted by Gasteiger charge is 2.41. The standard InChI is InChI=1S/C53H84N12O12/c1-9-12-24-76-51(74)34(7)26-42(67)41-17-15-23-65(41)50(73)40(28-36-29-56-31-58-36)61-49(72)45(33(6)11-3)63-47(70)39(27-35-18-20-37(66)21-19-35)60-48(71)44(32(4)5)62-46(69)38(16-14-22-57-52(54)55)59-43(68)30-64(8)53(75)77-25-13-10-2/h18-21,29,31-34,38-41,44-45,66H,9-17,22-28,30H2,1-8H3,(H,56,58)(H,59,68)(H,60,71)(H,61,72)(H,62,69)(H,63,70)(H4,54,55,57)/t33?,34-,38-,39-,40-,41-,44-,45-/m0/s1. The molecule has 2 heterocycles. The number of aliphatic imine (C=N–C) groups is 1. The summed E-state index contributed by atoms with van der Waals surface area (Å²) in [5.74, 6) is -7.12. The number of imidazole rings is 1. The second-order valence-electron chi connectivity index (χ2n) is 20.1. The summed E-state index contributed by atoms with van der Waals surface area (Å²) in [6.07, 6.45) is 6.37. The Morgan fingerprint density at radius 1 is 0.805 bits per heavy atom. The summed E-state index contributed by atoms with van der Waals surface area (Å²) < 4.78 is 10.5. The molecule has 1 aliphatic heterocycles. The van der Waals surface area contributed by atoms with Gasteiger partial charge in [0.1, 0.15) is 42.5 Å². The number of ketones is 1. The Morgan fingerprint density at radius 2 is 1.43 bits per heavy atom. The number of likely N-dealkylation sites (N-methyl/N-ethyl adjacent to an activating group) is 1. The topological polar surface area (TPSA) is 352 Å². The number of ether oxygens (including phenoxy) is 2. The third kappa shape index (κ3) is 21.7. The second kappa shape index (κ2) is 33.0. The van der Waals surface area contributed by atoms with Crippen LogP contribution in [0, 0.1) is 17.8 Å². The van der Waals surface area contributed by atoms with Crippen molar-refractivity contribution in [3.8, 4) is 5.75 Å². The lowest BCUT2D eigenvalue weighted by molar-refractivity contribution is -0.150. The minimum Gasteiger partial charge on any atom is -0.508 e. The van der Waals surface area contributed by atoms with Crippen LogP contribution in [-0.4, -0.2) is 160 Å². The molecule has 0 saturated carbocycles. The van der Waals surface area contributed by atoms with Gasteiger partial charge in [0.15, 0.2) is 11.7 Å². The van der Waals surface area contributed by atoms with Crippen LogP contribution in [0.3, 0.4) is 0 Å². The number of Topliss-reactive ketones (excluding diaryl/α,β-unsaturated/α-hetero) is 1. The van der Waals surface area contributed by atoms with Gasteiger partial charge < -0.3 is 67.4 Å². The van der Waals surface area contributed by atoms with Crippen molar-refractivity contribution in [1.29, 1.82) is 0 Å². The zero-order chi connectivity index (χ0) is 57.2.